The Balaban J connectivity index is 1.60. The van der Waals surface area contributed by atoms with Crippen LogP contribution in [0.1, 0.15) is 44.0 Å². The van der Waals surface area contributed by atoms with Gasteiger partial charge in [0.05, 0.1) is 12.2 Å². The van der Waals surface area contributed by atoms with Crippen molar-refractivity contribution < 1.29 is 9.53 Å². The van der Waals surface area contributed by atoms with E-state index < -0.39 is 0 Å². The third kappa shape index (κ3) is 4.35. The summed E-state index contributed by atoms with van der Waals surface area (Å²) in [6, 6.07) is 2.08. The summed E-state index contributed by atoms with van der Waals surface area (Å²) in [5.74, 6) is -0.0651. The zero-order valence-corrected chi connectivity index (χ0v) is 11.7. The molecule has 0 bridgehead atoms. The van der Waals surface area contributed by atoms with E-state index in [1.165, 1.54) is 18.5 Å². The van der Waals surface area contributed by atoms with Crippen LogP contribution < -0.4 is 5.32 Å². The fraction of sp³-hybridized carbons (Fsp3) is 0.714. The second kappa shape index (κ2) is 7.28. The molecule has 1 N–H and O–H groups in total. The van der Waals surface area contributed by atoms with Gasteiger partial charge in [-0.1, -0.05) is 19.8 Å². The van der Waals surface area contributed by atoms with E-state index in [1.807, 2.05) is 4.68 Å². The summed E-state index contributed by atoms with van der Waals surface area (Å²) < 4.78 is 7.34. The van der Waals surface area contributed by atoms with Crippen LogP contribution in [-0.2, 0) is 29.0 Å². The number of aryl methyl sites for hydroxylation is 2. The molecule has 5 heteroatoms. The van der Waals surface area contributed by atoms with Gasteiger partial charge in [0.25, 0.3) is 0 Å². The SMILES string of the molecule is CCCCCOCC(=O)NCc1cc2n(n1)CCC2. The molecule has 1 amide bonds. The standard InChI is InChI=1S/C14H23N3O2/c1-2-3-4-8-19-11-14(18)15-10-12-9-13-6-5-7-17(13)16-12/h9H,2-8,10-11H2,1H3,(H,15,18). The van der Waals surface area contributed by atoms with Gasteiger partial charge in [0, 0.05) is 18.8 Å². The van der Waals surface area contributed by atoms with E-state index in [0.29, 0.717) is 13.2 Å². The molecule has 1 aromatic heterocycles. The first kappa shape index (κ1) is 14.1. The van der Waals surface area contributed by atoms with Gasteiger partial charge >= 0.3 is 0 Å². The van der Waals surface area contributed by atoms with Crippen LogP contribution in [0.25, 0.3) is 0 Å². The number of nitrogens with one attached hydrogen (secondary N) is 1. The summed E-state index contributed by atoms with van der Waals surface area (Å²) in [4.78, 5) is 11.6. The number of hydrogen-bond donors (Lipinski definition) is 1. The lowest BCUT2D eigenvalue weighted by Gasteiger charge is -2.04. The molecule has 19 heavy (non-hydrogen) atoms. The molecule has 0 unspecified atom stereocenters. The summed E-state index contributed by atoms with van der Waals surface area (Å²) in [5.41, 5.74) is 2.22. The van der Waals surface area contributed by atoms with E-state index in [-0.39, 0.29) is 12.5 Å². The number of amides is 1. The normalized spacial score (nSPS) is 13.5. The van der Waals surface area contributed by atoms with Crippen molar-refractivity contribution in [3.63, 3.8) is 0 Å². The first-order valence-electron chi connectivity index (χ1n) is 7.19. The molecule has 106 valence electrons. The number of rotatable bonds is 8. The van der Waals surface area contributed by atoms with Crippen molar-refractivity contribution in [2.75, 3.05) is 13.2 Å². The quantitative estimate of drug-likeness (QED) is 0.727. The van der Waals surface area contributed by atoms with Crippen molar-refractivity contribution in [2.24, 2.45) is 0 Å². The highest BCUT2D eigenvalue weighted by Crippen LogP contribution is 2.14. The van der Waals surface area contributed by atoms with Crippen LogP contribution in [0.2, 0.25) is 0 Å². The molecule has 0 aliphatic carbocycles. The van der Waals surface area contributed by atoms with E-state index in [9.17, 15) is 4.79 Å². The highest BCUT2D eigenvalue weighted by atomic mass is 16.5. The number of carbonyl (C=O) groups excluding carboxylic acids is 1. The van der Waals surface area contributed by atoms with Crippen molar-refractivity contribution in [1.82, 2.24) is 15.1 Å². The maximum atomic E-state index is 11.6. The van der Waals surface area contributed by atoms with Gasteiger partial charge < -0.3 is 10.1 Å². The maximum Gasteiger partial charge on any atom is 0.246 e. The van der Waals surface area contributed by atoms with Gasteiger partial charge in [-0.05, 0) is 25.3 Å². The first-order valence-corrected chi connectivity index (χ1v) is 7.19. The van der Waals surface area contributed by atoms with Crippen molar-refractivity contribution in [1.29, 1.82) is 0 Å². The molecule has 1 aliphatic heterocycles. The van der Waals surface area contributed by atoms with Crippen LogP contribution in [-0.4, -0.2) is 28.9 Å². The highest BCUT2D eigenvalue weighted by molar-refractivity contribution is 5.77. The molecule has 0 saturated heterocycles. The molecule has 0 spiro atoms. The highest BCUT2D eigenvalue weighted by Gasteiger charge is 2.13. The van der Waals surface area contributed by atoms with Gasteiger partial charge in [-0.2, -0.15) is 5.10 Å². The Hall–Kier alpha value is -1.36. The largest absolute Gasteiger partial charge is 0.372 e. The van der Waals surface area contributed by atoms with Crippen LogP contribution in [0.15, 0.2) is 6.07 Å². The minimum Gasteiger partial charge on any atom is -0.372 e. The Morgan fingerprint density at radius 3 is 3.21 bits per heavy atom. The summed E-state index contributed by atoms with van der Waals surface area (Å²) in [6.45, 7) is 4.47. The average molecular weight is 265 g/mol. The van der Waals surface area contributed by atoms with Gasteiger partial charge in [0.15, 0.2) is 0 Å². The average Bonchev–Trinajstić information content (AvgIpc) is 2.96. The lowest BCUT2D eigenvalue weighted by molar-refractivity contribution is -0.125. The van der Waals surface area contributed by atoms with Crippen molar-refractivity contribution >= 4 is 5.91 Å². The maximum absolute atomic E-state index is 11.6. The minimum absolute atomic E-state index is 0.0651. The Morgan fingerprint density at radius 2 is 2.42 bits per heavy atom. The van der Waals surface area contributed by atoms with Gasteiger partial charge in [-0.15, -0.1) is 0 Å². The van der Waals surface area contributed by atoms with Crippen LogP contribution in [0.4, 0.5) is 0 Å². The van der Waals surface area contributed by atoms with E-state index in [0.717, 1.165) is 31.5 Å². The van der Waals surface area contributed by atoms with Crippen molar-refractivity contribution in [3.8, 4) is 0 Å². The monoisotopic (exact) mass is 265 g/mol. The summed E-state index contributed by atoms with van der Waals surface area (Å²) >= 11 is 0. The number of hydrogen-bond acceptors (Lipinski definition) is 3. The van der Waals surface area contributed by atoms with Gasteiger partial charge in [0.1, 0.15) is 6.61 Å². The third-order valence-corrected chi connectivity index (χ3v) is 3.31. The Bertz CT molecular complexity index is 393. The number of ether oxygens (including phenoxy) is 1. The number of fused-ring (bicyclic) bond motifs is 1. The molecule has 2 rings (SSSR count). The second-order valence-electron chi connectivity index (χ2n) is 4.99. The van der Waals surface area contributed by atoms with E-state index in [2.05, 4.69) is 23.4 Å². The fourth-order valence-electron chi connectivity index (χ4n) is 2.27. The molecule has 0 radical (unpaired) electrons. The molecule has 0 atom stereocenters. The Morgan fingerprint density at radius 1 is 1.53 bits per heavy atom. The number of unbranched alkanes of at least 4 members (excludes halogenated alkanes) is 2. The lowest BCUT2D eigenvalue weighted by Crippen LogP contribution is -2.27. The smallest absolute Gasteiger partial charge is 0.246 e. The molecule has 2 heterocycles. The third-order valence-electron chi connectivity index (χ3n) is 3.31. The summed E-state index contributed by atoms with van der Waals surface area (Å²) in [5, 5.41) is 7.28. The molecular formula is C14H23N3O2. The van der Waals surface area contributed by atoms with Crippen molar-refractivity contribution in [3.05, 3.63) is 17.5 Å². The van der Waals surface area contributed by atoms with Crippen molar-refractivity contribution in [2.45, 2.75) is 52.1 Å². The summed E-state index contributed by atoms with van der Waals surface area (Å²) in [7, 11) is 0. The predicted octanol–water partition coefficient (Wildman–Crippen LogP) is 1.65. The molecular weight excluding hydrogens is 242 g/mol. The molecule has 0 saturated carbocycles. The van der Waals surface area contributed by atoms with Crippen LogP contribution in [0, 0.1) is 0 Å². The van der Waals surface area contributed by atoms with Crippen LogP contribution in [0.5, 0.6) is 0 Å². The molecule has 0 aromatic carbocycles. The summed E-state index contributed by atoms with van der Waals surface area (Å²) in [6.07, 6.45) is 5.63. The zero-order chi connectivity index (χ0) is 13.5. The Kier molecular flexibility index (Phi) is 5.39. The zero-order valence-electron chi connectivity index (χ0n) is 11.7. The van der Waals surface area contributed by atoms with Gasteiger partial charge in [-0.3, -0.25) is 9.48 Å². The topological polar surface area (TPSA) is 56.1 Å². The number of carbonyl (C=O) groups is 1. The van der Waals surface area contributed by atoms with E-state index in [1.54, 1.807) is 0 Å². The first-order chi connectivity index (χ1) is 9.29. The van der Waals surface area contributed by atoms with Crippen LogP contribution in [0.3, 0.4) is 0 Å². The molecule has 1 aromatic rings. The second-order valence-corrected chi connectivity index (χ2v) is 4.99. The molecule has 5 nitrogen and oxygen atoms in total. The van der Waals surface area contributed by atoms with E-state index in [4.69, 9.17) is 4.74 Å². The number of aromatic nitrogens is 2. The van der Waals surface area contributed by atoms with Crippen LogP contribution >= 0.6 is 0 Å². The Labute approximate surface area is 114 Å². The fourth-order valence-corrected chi connectivity index (χ4v) is 2.27. The predicted molar refractivity (Wildman–Crippen MR) is 72.7 cm³/mol. The lowest BCUT2D eigenvalue weighted by atomic mass is 10.2. The van der Waals surface area contributed by atoms with Gasteiger partial charge in [0.2, 0.25) is 5.91 Å². The number of nitrogens with zero attached hydrogens (tertiary/aromatic N) is 2. The molecule has 1 aliphatic rings. The van der Waals surface area contributed by atoms with E-state index >= 15 is 0 Å². The minimum atomic E-state index is -0.0651. The van der Waals surface area contributed by atoms with Gasteiger partial charge in [-0.25, -0.2) is 0 Å². The molecule has 0 fully saturated rings.